The summed E-state index contributed by atoms with van der Waals surface area (Å²) in [5, 5.41) is 19.0. The maximum absolute atomic E-state index is 12.3. The van der Waals surface area contributed by atoms with Crippen LogP contribution in [0.2, 0.25) is 0 Å². The number of primary amides is 1. The fraction of sp³-hybridized carbons (Fsp3) is 0.600. The third-order valence-electron chi connectivity index (χ3n) is 4.98. The Morgan fingerprint density at radius 2 is 2.08 bits per heavy atom. The second-order valence-electron chi connectivity index (χ2n) is 6.59. The zero-order chi connectivity index (χ0) is 18.6. The number of nitrogens with two attached hydrogens (primary N) is 2. The number of β-lactam (4-membered cyclic amide) rings is 1. The lowest BCUT2D eigenvalue weighted by atomic mass is 9.79. The Hall–Kier alpha value is -2.07. The quantitative estimate of drug-likeness (QED) is 0.446. The van der Waals surface area contributed by atoms with Crippen LogP contribution in [-0.2, 0) is 14.4 Å². The summed E-state index contributed by atoms with van der Waals surface area (Å²) in [4.78, 5) is 41.1. The van der Waals surface area contributed by atoms with Crippen LogP contribution in [0.1, 0.15) is 20.3 Å². The van der Waals surface area contributed by atoms with Crippen LogP contribution in [0.5, 0.6) is 0 Å². The summed E-state index contributed by atoms with van der Waals surface area (Å²) in [6.07, 6.45) is -0.555. The van der Waals surface area contributed by atoms with E-state index in [0.717, 1.165) is 0 Å². The van der Waals surface area contributed by atoms with Crippen molar-refractivity contribution in [2.75, 3.05) is 0 Å². The Bertz CT molecular complexity index is 719. The van der Waals surface area contributed by atoms with Crippen LogP contribution in [0, 0.1) is 11.8 Å². The highest BCUT2D eigenvalue weighted by molar-refractivity contribution is 8.04. The first-order chi connectivity index (χ1) is 11.6. The van der Waals surface area contributed by atoms with Gasteiger partial charge in [-0.15, -0.1) is 11.8 Å². The number of amides is 2. The van der Waals surface area contributed by atoms with Gasteiger partial charge in [0.2, 0.25) is 11.8 Å². The third kappa shape index (κ3) is 2.60. The number of hydrogen-bond donors (Lipinski definition) is 4. The van der Waals surface area contributed by atoms with E-state index < -0.39 is 29.9 Å². The van der Waals surface area contributed by atoms with E-state index in [1.807, 2.05) is 6.92 Å². The minimum atomic E-state index is -1.20. The molecule has 1 unspecified atom stereocenters. The third-order valence-corrected chi connectivity index (χ3v) is 6.52. The molecule has 6 N–H and O–H groups in total. The van der Waals surface area contributed by atoms with Gasteiger partial charge < -0.3 is 26.6 Å². The van der Waals surface area contributed by atoms with Gasteiger partial charge in [0.25, 0.3) is 0 Å². The zero-order valence-corrected chi connectivity index (χ0v) is 14.6. The fourth-order valence-electron chi connectivity index (χ4n) is 3.76. The van der Waals surface area contributed by atoms with Crippen molar-refractivity contribution in [3.05, 3.63) is 10.6 Å². The largest absolute Gasteiger partial charge is 0.477 e. The first-order valence-electron chi connectivity index (χ1n) is 7.92. The number of rotatable bonds is 5. The molecule has 0 radical (unpaired) electrons. The number of aliphatic hydroxyl groups is 1. The maximum Gasteiger partial charge on any atom is 0.353 e. The summed E-state index contributed by atoms with van der Waals surface area (Å²) in [7, 11) is 0. The molecule has 2 amide bonds. The van der Waals surface area contributed by atoms with Gasteiger partial charge in [-0.1, -0.05) is 6.92 Å². The van der Waals surface area contributed by atoms with Crippen molar-refractivity contribution in [3.8, 4) is 0 Å². The molecule has 25 heavy (non-hydrogen) atoms. The second kappa shape index (κ2) is 6.03. The van der Waals surface area contributed by atoms with Gasteiger partial charge in [0, 0.05) is 10.8 Å². The van der Waals surface area contributed by atoms with Crippen LogP contribution in [0.4, 0.5) is 0 Å². The predicted octanol–water partition coefficient (Wildman–Crippen LogP) is -1.14. The minimum absolute atomic E-state index is 0.0697. The molecule has 0 spiro atoms. The molecule has 3 rings (SSSR count). The molecule has 6 atom stereocenters. The van der Waals surface area contributed by atoms with E-state index in [1.54, 1.807) is 0 Å². The van der Waals surface area contributed by atoms with Crippen molar-refractivity contribution in [2.45, 2.75) is 43.7 Å². The SMILES string of the molecule is C[C@@H](O)[C@H]1C(=O)N2C(C(=O)O)=C(SC3C[C@@H](C(N)=O)N=C3N)[C@H](C)[C@H]12. The Balaban J connectivity index is 1.88. The fourth-order valence-corrected chi connectivity index (χ4v) is 5.18. The molecule has 9 nitrogen and oxygen atoms in total. The van der Waals surface area contributed by atoms with Crippen LogP contribution in [0.3, 0.4) is 0 Å². The molecule has 3 heterocycles. The topological polar surface area (TPSA) is 159 Å². The molecule has 1 saturated heterocycles. The average Bonchev–Trinajstić information content (AvgIpc) is 2.97. The maximum atomic E-state index is 12.3. The number of nitrogens with zero attached hydrogens (tertiary/aromatic N) is 2. The van der Waals surface area contributed by atoms with Gasteiger partial charge in [0.15, 0.2) is 0 Å². The average molecular weight is 368 g/mol. The number of carbonyl (C=O) groups excluding carboxylic acids is 2. The number of thioether (sulfide) groups is 1. The normalized spacial score (nSPS) is 35.3. The van der Waals surface area contributed by atoms with E-state index in [1.165, 1.54) is 23.6 Å². The van der Waals surface area contributed by atoms with E-state index >= 15 is 0 Å². The van der Waals surface area contributed by atoms with Gasteiger partial charge in [-0.2, -0.15) is 0 Å². The predicted molar refractivity (Wildman–Crippen MR) is 90.2 cm³/mol. The lowest BCUT2D eigenvalue weighted by Gasteiger charge is -2.46. The van der Waals surface area contributed by atoms with E-state index in [0.29, 0.717) is 11.3 Å². The van der Waals surface area contributed by atoms with Gasteiger partial charge in [0.1, 0.15) is 17.6 Å². The molecule has 3 aliphatic heterocycles. The van der Waals surface area contributed by atoms with E-state index in [9.17, 15) is 24.6 Å². The van der Waals surface area contributed by atoms with Crippen molar-refractivity contribution in [1.82, 2.24) is 4.90 Å². The van der Waals surface area contributed by atoms with Gasteiger partial charge in [0.05, 0.1) is 23.3 Å². The number of hydrogen-bond acceptors (Lipinski definition) is 7. The van der Waals surface area contributed by atoms with Crippen LogP contribution in [0.25, 0.3) is 0 Å². The highest BCUT2D eigenvalue weighted by Gasteiger charge is 2.60. The molecular weight excluding hydrogens is 348 g/mol. The molecule has 10 heteroatoms. The summed E-state index contributed by atoms with van der Waals surface area (Å²) >= 11 is 1.21. The van der Waals surface area contributed by atoms with Crippen molar-refractivity contribution < 1.29 is 24.6 Å². The van der Waals surface area contributed by atoms with E-state index in [2.05, 4.69) is 4.99 Å². The highest BCUT2D eigenvalue weighted by Crippen LogP contribution is 2.51. The standard InChI is InChI=1S/C15H20N4O5S/c1-4-9-8(5(2)20)14(22)19(9)10(15(23)24)11(4)25-7-3-6(13(17)21)18-12(7)16/h4-9,20H,3H2,1-2H3,(H2,16,18)(H2,17,21)(H,23,24)/t4-,5-,6+,7?,8-,9-/m1/s1. The number of carboxylic acid groups (broad SMARTS) is 1. The molecule has 0 aromatic heterocycles. The number of aliphatic hydroxyl groups excluding tert-OH is 1. The zero-order valence-electron chi connectivity index (χ0n) is 13.7. The minimum Gasteiger partial charge on any atom is -0.477 e. The molecule has 0 saturated carbocycles. The number of aliphatic carboxylic acids is 1. The highest BCUT2D eigenvalue weighted by atomic mass is 32.2. The second-order valence-corrected chi connectivity index (χ2v) is 7.83. The number of fused-ring (bicyclic) bond motifs is 1. The van der Waals surface area contributed by atoms with Crippen LogP contribution in [0.15, 0.2) is 15.6 Å². The van der Waals surface area contributed by atoms with E-state index in [-0.39, 0.29) is 34.6 Å². The lowest BCUT2D eigenvalue weighted by molar-refractivity contribution is -0.163. The smallest absolute Gasteiger partial charge is 0.353 e. The Morgan fingerprint density at radius 1 is 1.44 bits per heavy atom. The number of carbonyl (C=O) groups is 3. The van der Waals surface area contributed by atoms with Crippen molar-refractivity contribution in [2.24, 2.45) is 28.3 Å². The van der Waals surface area contributed by atoms with Gasteiger partial charge in [-0.3, -0.25) is 14.6 Å². The Kier molecular flexibility index (Phi) is 4.28. The molecule has 136 valence electrons. The summed E-state index contributed by atoms with van der Waals surface area (Å²) < 4.78 is 0. The molecular formula is C15H20N4O5S. The summed E-state index contributed by atoms with van der Waals surface area (Å²) in [6, 6.07) is -1.10. The lowest BCUT2D eigenvalue weighted by Crippen LogP contribution is -2.63. The summed E-state index contributed by atoms with van der Waals surface area (Å²) in [5.41, 5.74) is 11.1. The number of carboxylic acids is 1. The van der Waals surface area contributed by atoms with Gasteiger partial charge >= 0.3 is 5.97 Å². The van der Waals surface area contributed by atoms with Crippen LogP contribution in [-0.4, -0.2) is 62.2 Å². The molecule has 0 bridgehead atoms. The van der Waals surface area contributed by atoms with Crippen LogP contribution >= 0.6 is 11.8 Å². The number of aliphatic imine (C=N–C) groups is 1. The molecule has 3 aliphatic rings. The molecule has 1 fully saturated rings. The Labute approximate surface area is 148 Å². The number of amidine groups is 1. The van der Waals surface area contributed by atoms with E-state index in [4.69, 9.17) is 11.5 Å². The molecule has 0 aromatic carbocycles. The summed E-state index contributed by atoms with van der Waals surface area (Å²) in [6.45, 7) is 3.35. The van der Waals surface area contributed by atoms with Gasteiger partial charge in [-0.25, -0.2) is 4.79 Å². The van der Waals surface area contributed by atoms with Gasteiger partial charge in [-0.05, 0) is 13.3 Å². The first-order valence-corrected chi connectivity index (χ1v) is 8.80. The van der Waals surface area contributed by atoms with Crippen molar-refractivity contribution in [3.63, 3.8) is 0 Å². The molecule has 0 aromatic rings. The van der Waals surface area contributed by atoms with Crippen LogP contribution < -0.4 is 11.5 Å². The monoisotopic (exact) mass is 368 g/mol. The van der Waals surface area contributed by atoms with Crippen molar-refractivity contribution >= 4 is 35.4 Å². The van der Waals surface area contributed by atoms with Crippen molar-refractivity contribution in [1.29, 1.82) is 0 Å². The first kappa shape index (κ1) is 17.7. The summed E-state index contributed by atoms with van der Waals surface area (Å²) in [5.74, 6) is -2.79. The molecule has 0 aliphatic carbocycles. The Morgan fingerprint density at radius 3 is 2.56 bits per heavy atom.